The highest BCUT2D eigenvalue weighted by molar-refractivity contribution is 5.48. The summed E-state index contributed by atoms with van der Waals surface area (Å²) in [4.78, 5) is 15.9. The number of pyridine rings is 1. The zero-order valence-corrected chi connectivity index (χ0v) is 10.5. The van der Waals surface area contributed by atoms with E-state index in [1.165, 1.54) is 12.3 Å². The number of rotatable bonds is 2. The number of hydrogen-bond acceptors (Lipinski definition) is 5. The minimum absolute atomic E-state index is 0.157. The van der Waals surface area contributed by atoms with Gasteiger partial charge in [0.1, 0.15) is 0 Å². The second kappa shape index (κ2) is 4.53. The lowest BCUT2D eigenvalue weighted by Crippen LogP contribution is -2.50. The van der Waals surface area contributed by atoms with Gasteiger partial charge < -0.3 is 20.1 Å². The van der Waals surface area contributed by atoms with Crippen molar-refractivity contribution in [2.45, 2.75) is 38.3 Å². The molecule has 6 nitrogen and oxygen atoms in total. The third-order valence-corrected chi connectivity index (χ3v) is 3.39. The molecule has 98 valence electrons. The van der Waals surface area contributed by atoms with Crippen LogP contribution >= 0.6 is 0 Å². The van der Waals surface area contributed by atoms with Crippen LogP contribution < -0.4 is 4.90 Å². The van der Waals surface area contributed by atoms with E-state index in [2.05, 4.69) is 11.9 Å². The van der Waals surface area contributed by atoms with Gasteiger partial charge in [-0.15, -0.1) is 0 Å². The molecule has 1 N–H and O–H groups in total. The molecule has 0 spiro atoms. The minimum Gasteiger partial charge on any atom is -0.388 e. The van der Waals surface area contributed by atoms with Crippen LogP contribution in [0.15, 0.2) is 18.3 Å². The van der Waals surface area contributed by atoms with E-state index in [-0.39, 0.29) is 5.82 Å². The molecule has 1 saturated heterocycles. The third-order valence-electron chi connectivity index (χ3n) is 3.39. The number of piperidine rings is 1. The molecule has 0 aliphatic carbocycles. The first-order valence-corrected chi connectivity index (χ1v) is 5.98. The molecule has 2 rings (SSSR count). The van der Waals surface area contributed by atoms with Crippen LogP contribution in [-0.4, -0.2) is 33.2 Å². The average molecular weight is 251 g/mol. The van der Waals surface area contributed by atoms with E-state index in [9.17, 15) is 15.2 Å². The maximum Gasteiger partial charge on any atom is 0.363 e. The molecular formula is C12H17N3O3. The fourth-order valence-corrected chi connectivity index (χ4v) is 2.28. The highest BCUT2D eigenvalue weighted by Gasteiger charge is 2.33. The van der Waals surface area contributed by atoms with E-state index in [4.69, 9.17) is 0 Å². The molecule has 0 amide bonds. The molecular weight excluding hydrogens is 234 g/mol. The summed E-state index contributed by atoms with van der Waals surface area (Å²) in [6.07, 6.45) is 3.16. The molecule has 2 heterocycles. The van der Waals surface area contributed by atoms with Crippen molar-refractivity contribution in [1.82, 2.24) is 4.98 Å². The van der Waals surface area contributed by atoms with Crippen molar-refractivity contribution < 1.29 is 10.0 Å². The second-order valence-corrected chi connectivity index (χ2v) is 5.14. The Morgan fingerprint density at radius 3 is 2.89 bits per heavy atom. The summed E-state index contributed by atoms with van der Waals surface area (Å²) in [5.74, 6) is -0.157. The van der Waals surface area contributed by atoms with E-state index >= 15 is 0 Å². The van der Waals surface area contributed by atoms with Crippen molar-refractivity contribution >= 4 is 11.5 Å². The molecule has 1 fully saturated rings. The van der Waals surface area contributed by atoms with Crippen LogP contribution in [0.5, 0.6) is 0 Å². The van der Waals surface area contributed by atoms with Gasteiger partial charge in [-0.2, -0.15) is 0 Å². The Hall–Kier alpha value is -1.69. The van der Waals surface area contributed by atoms with Gasteiger partial charge in [0, 0.05) is 18.7 Å². The third kappa shape index (κ3) is 2.59. The molecule has 0 aromatic carbocycles. The maximum atomic E-state index is 10.5. The number of anilines is 1. The van der Waals surface area contributed by atoms with Gasteiger partial charge in [0.05, 0.1) is 11.3 Å². The van der Waals surface area contributed by atoms with Gasteiger partial charge in [-0.1, -0.05) is 0 Å². The molecule has 0 saturated carbocycles. The highest BCUT2D eigenvalue weighted by Crippen LogP contribution is 2.29. The molecule has 0 bridgehead atoms. The van der Waals surface area contributed by atoms with Crippen LogP contribution in [0.25, 0.3) is 0 Å². The number of nitrogens with zero attached hydrogens (tertiary/aromatic N) is 3. The Morgan fingerprint density at radius 1 is 1.61 bits per heavy atom. The van der Waals surface area contributed by atoms with Crippen LogP contribution in [0.1, 0.15) is 26.7 Å². The Bertz CT molecular complexity index is 444. The normalized spacial score (nSPS) is 28.2. The van der Waals surface area contributed by atoms with Crippen LogP contribution in [-0.2, 0) is 0 Å². The molecule has 2 atom stereocenters. The fourth-order valence-electron chi connectivity index (χ4n) is 2.28. The summed E-state index contributed by atoms with van der Waals surface area (Å²) >= 11 is 0. The van der Waals surface area contributed by atoms with Crippen molar-refractivity contribution in [2.75, 3.05) is 11.4 Å². The van der Waals surface area contributed by atoms with Gasteiger partial charge >= 0.3 is 5.82 Å². The summed E-state index contributed by atoms with van der Waals surface area (Å²) in [5, 5.41) is 20.6. The van der Waals surface area contributed by atoms with Crippen molar-refractivity contribution in [3.8, 4) is 0 Å². The lowest BCUT2D eigenvalue weighted by molar-refractivity contribution is -0.389. The Balaban J connectivity index is 2.21. The van der Waals surface area contributed by atoms with E-state index < -0.39 is 10.5 Å². The quantitative estimate of drug-likeness (QED) is 0.639. The predicted molar refractivity (Wildman–Crippen MR) is 67.6 cm³/mol. The zero-order chi connectivity index (χ0) is 13.3. The lowest BCUT2D eigenvalue weighted by Gasteiger charge is -2.42. The largest absolute Gasteiger partial charge is 0.388 e. The van der Waals surface area contributed by atoms with Gasteiger partial charge in [0.25, 0.3) is 0 Å². The van der Waals surface area contributed by atoms with Gasteiger partial charge in [-0.05, 0) is 42.7 Å². The predicted octanol–water partition coefficient (Wildman–Crippen LogP) is 1.73. The van der Waals surface area contributed by atoms with E-state index in [0.29, 0.717) is 12.6 Å². The van der Waals surface area contributed by atoms with Gasteiger partial charge in [-0.25, -0.2) is 0 Å². The van der Waals surface area contributed by atoms with Gasteiger partial charge in [0.2, 0.25) is 0 Å². The first kappa shape index (κ1) is 12.8. The maximum absolute atomic E-state index is 10.5. The monoisotopic (exact) mass is 251 g/mol. The minimum atomic E-state index is -0.714. The van der Waals surface area contributed by atoms with Crippen molar-refractivity contribution in [2.24, 2.45) is 0 Å². The van der Waals surface area contributed by atoms with Crippen LogP contribution in [0.2, 0.25) is 0 Å². The van der Waals surface area contributed by atoms with Gasteiger partial charge in [-0.3, -0.25) is 0 Å². The molecule has 1 aliphatic rings. The second-order valence-electron chi connectivity index (χ2n) is 5.14. The van der Waals surface area contributed by atoms with Crippen LogP contribution in [0.4, 0.5) is 11.5 Å². The summed E-state index contributed by atoms with van der Waals surface area (Å²) in [6, 6.07) is 3.38. The standard InChI is InChI=1S/C12H17N3O3/c1-9-5-6-12(2,16)8-14(9)10-3-4-11(13-7-10)15(17)18/h3-4,7,9,16H,5-6,8H2,1-2H3. The van der Waals surface area contributed by atoms with E-state index in [0.717, 1.165) is 18.5 Å². The summed E-state index contributed by atoms with van der Waals surface area (Å²) < 4.78 is 0. The highest BCUT2D eigenvalue weighted by atomic mass is 16.6. The average Bonchev–Trinajstić information content (AvgIpc) is 2.32. The van der Waals surface area contributed by atoms with Crippen molar-refractivity contribution in [3.05, 3.63) is 28.4 Å². The number of β-amino-alcohol motifs (C(OH)–C–C–N with tert-alkyl or cyclic N) is 1. The number of nitro groups is 1. The SMILES string of the molecule is CC1CCC(C)(O)CN1c1ccc([N+](=O)[O-])nc1. The molecule has 1 aromatic heterocycles. The molecule has 1 aliphatic heterocycles. The first-order valence-electron chi connectivity index (χ1n) is 5.98. The van der Waals surface area contributed by atoms with E-state index in [1.54, 1.807) is 6.07 Å². The van der Waals surface area contributed by atoms with Crippen LogP contribution in [0.3, 0.4) is 0 Å². The smallest absolute Gasteiger partial charge is 0.363 e. The number of hydrogen-bond donors (Lipinski definition) is 1. The van der Waals surface area contributed by atoms with Crippen molar-refractivity contribution in [3.63, 3.8) is 0 Å². The number of aromatic nitrogens is 1. The fraction of sp³-hybridized carbons (Fsp3) is 0.583. The first-order chi connectivity index (χ1) is 8.39. The molecule has 18 heavy (non-hydrogen) atoms. The summed E-state index contributed by atoms with van der Waals surface area (Å²) in [7, 11) is 0. The lowest BCUT2D eigenvalue weighted by atomic mass is 9.90. The summed E-state index contributed by atoms with van der Waals surface area (Å²) in [6.45, 7) is 4.41. The van der Waals surface area contributed by atoms with Crippen LogP contribution in [0, 0.1) is 10.1 Å². The molecule has 1 aromatic rings. The van der Waals surface area contributed by atoms with E-state index in [1.807, 2.05) is 11.8 Å². The van der Waals surface area contributed by atoms with Crippen molar-refractivity contribution in [1.29, 1.82) is 0 Å². The Labute approximate surface area is 105 Å². The van der Waals surface area contributed by atoms with Gasteiger partial charge in [0.15, 0.2) is 6.20 Å². The Kier molecular flexibility index (Phi) is 3.21. The topological polar surface area (TPSA) is 79.5 Å². The number of aliphatic hydroxyl groups is 1. The molecule has 6 heteroatoms. The summed E-state index contributed by atoms with van der Waals surface area (Å²) in [5.41, 5.74) is 0.0990. The molecule has 0 radical (unpaired) electrons. The zero-order valence-electron chi connectivity index (χ0n) is 10.5. The Morgan fingerprint density at radius 2 is 2.33 bits per heavy atom. The molecule has 2 unspecified atom stereocenters.